The van der Waals surface area contributed by atoms with Crippen LogP contribution in [0.3, 0.4) is 0 Å². The molecule has 2 rings (SSSR count). The molecule has 0 saturated heterocycles. The van der Waals surface area contributed by atoms with Gasteiger partial charge in [-0.2, -0.15) is 0 Å². The van der Waals surface area contributed by atoms with Crippen molar-refractivity contribution in [2.45, 2.75) is 5.03 Å². The molecule has 0 aliphatic carbocycles. The molecule has 0 unspecified atom stereocenters. The fourth-order valence-corrected chi connectivity index (χ4v) is 2.55. The SMILES string of the molecule is Cn1c(SC/C=C\c2ccccc2)cc(=O)n(C)c1=O. The van der Waals surface area contributed by atoms with Gasteiger partial charge < -0.3 is 0 Å². The van der Waals surface area contributed by atoms with Gasteiger partial charge in [0, 0.05) is 25.9 Å². The highest BCUT2D eigenvalue weighted by Crippen LogP contribution is 2.14. The van der Waals surface area contributed by atoms with E-state index in [0.29, 0.717) is 10.8 Å². The molecule has 0 radical (unpaired) electrons. The smallest absolute Gasteiger partial charge is 0.291 e. The van der Waals surface area contributed by atoms with Crippen molar-refractivity contribution in [3.8, 4) is 0 Å². The van der Waals surface area contributed by atoms with Crippen molar-refractivity contribution >= 4 is 17.8 Å². The molecule has 4 nitrogen and oxygen atoms in total. The number of benzene rings is 1. The molecule has 5 heteroatoms. The van der Waals surface area contributed by atoms with Crippen LogP contribution in [0, 0.1) is 0 Å². The minimum Gasteiger partial charge on any atom is -0.291 e. The fourth-order valence-electron chi connectivity index (χ4n) is 1.73. The summed E-state index contributed by atoms with van der Waals surface area (Å²) in [5.74, 6) is 0.704. The van der Waals surface area contributed by atoms with Gasteiger partial charge in [-0.3, -0.25) is 13.9 Å². The van der Waals surface area contributed by atoms with Gasteiger partial charge in [0.15, 0.2) is 0 Å². The first-order chi connectivity index (χ1) is 9.59. The molecule has 0 bridgehead atoms. The summed E-state index contributed by atoms with van der Waals surface area (Å²) in [5, 5.41) is 0.677. The molecule has 1 aromatic heterocycles. The van der Waals surface area contributed by atoms with Crippen LogP contribution in [0.1, 0.15) is 5.56 Å². The first-order valence-electron chi connectivity index (χ1n) is 6.21. The molecular formula is C15H16N2O2S. The van der Waals surface area contributed by atoms with Crippen molar-refractivity contribution in [1.82, 2.24) is 9.13 Å². The van der Waals surface area contributed by atoms with E-state index in [0.717, 1.165) is 10.1 Å². The number of hydrogen-bond acceptors (Lipinski definition) is 3. The highest BCUT2D eigenvalue weighted by Gasteiger charge is 2.05. The molecule has 0 saturated carbocycles. The van der Waals surface area contributed by atoms with Crippen LogP contribution in [0.15, 0.2) is 57.1 Å². The minimum absolute atomic E-state index is 0.275. The zero-order valence-corrected chi connectivity index (χ0v) is 12.3. The van der Waals surface area contributed by atoms with E-state index in [-0.39, 0.29) is 11.2 Å². The molecule has 0 atom stereocenters. The Hall–Kier alpha value is -2.01. The van der Waals surface area contributed by atoms with Gasteiger partial charge in [0.25, 0.3) is 5.56 Å². The van der Waals surface area contributed by atoms with Crippen LogP contribution in [0.2, 0.25) is 0 Å². The molecule has 0 aliphatic heterocycles. The average molecular weight is 288 g/mol. The summed E-state index contributed by atoms with van der Waals surface area (Å²) in [7, 11) is 3.15. The van der Waals surface area contributed by atoms with Crippen molar-refractivity contribution in [1.29, 1.82) is 0 Å². The normalized spacial score (nSPS) is 11.1. The van der Waals surface area contributed by atoms with E-state index in [1.807, 2.05) is 42.5 Å². The molecule has 0 N–H and O–H groups in total. The number of rotatable bonds is 4. The first kappa shape index (κ1) is 14.4. The Kier molecular flexibility index (Phi) is 4.63. The molecule has 0 fully saturated rings. The molecule has 1 aromatic carbocycles. The standard InChI is InChI=1S/C15H16N2O2S/c1-16-13(18)11-14(17(2)15(16)19)20-10-6-9-12-7-4-3-5-8-12/h3-9,11H,10H2,1-2H3/b9-6-. The average Bonchev–Trinajstić information content (AvgIpc) is 2.47. The van der Waals surface area contributed by atoms with E-state index in [9.17, 15) is 9.59 Å². The van der Waals surface area contributed by atoms with Crippen LogP contribution in [0.25, 0.3) is 6.08 Å². The Labute approximate surface area is 121 Å². The van der Waals surface area contributed by atoms with Crippen LogP contribution in [0.4, 0.5) is 0 Å². The summed E-state index contributed by atoms with van der Waals surface area (Å²) < 4.78 is 2.59. The van der Waals surface area contributed by atoms with Crippen LogP contribution >= 0.6 is 11.8 Å². The van der Waals surface area contributed by atoms with Gasteiger partial charge in [0.1, 0.15) is 0 Å². The van der Waals surface area contributed by atoms with Gasteiger partial charge >= 0.3 is 5.69 Å². The third-order valence-corrected chi connectivity index (χ3v) is 3.97. The quantitative estimate of drug-likeness (QED) is 0.637. The summed E-state index contributed by atoms with van der Waals surface area (Å²) in [6.45, 7) is 0. The van der Waals surface area contributed by atoms with Gasteiger partial charge in [-0.15, -0.1) is 11.8 Å². The Morgan fingerprint density at radius 2 is 1.80 bits per heavy atom. The van der Waals surface area contributed by atoms with E-state index >= 15 is 0 Å². The summed E-state index contributed by atoms with van der Waals surface area (Å²) >= 11 is 1.47. The highest BCUT2D eigenvalue weighted by molar-refractivity contribution is 7.99. The van der Waals surface area contributed by atoms with E-state index in [1.54, 1.807) is 7.05 Å². The topological polar surface area (TPSA) is 44.0 Å². The third-order valence-electron chi connectivity index (χ3n) is 2.92. The molecule has 104 valence electrons. The lowest BCUT2D eigenvalue weighted by Crippen LogP contribution is -2.36. The largest absolute Gasteiger partial charge is 0.331 e. The number of aromatic nitrogens is 2. The fraction of sp³-hybridized carbons (Fsp3) is 0.200. The van der Waals surface area contributed by atoms with Crippen LogP contribution < -0.4 is 11.2 Å². The van der Waals surface area contributed by atoms with E-state index in [4.69, 9.17) is 0 Å². The summed E-state index contributed by atoms with van der Waals surface area (Å²) in [5.41, 5.74) is 0.556. The monoisotopic (exact) mass is 288 g/mol. The molecule has 0 amide bonds. The summed E-state index contributed by atoms with van der Waals surface area (Å²) in [4.78, 5) is 23.3. The predicted octanol–water partition coefficient (Wildman–Crippen LogP) is 1.89. The maximum atomic E-state index is 11.8. The maximum absolute atomic E-state index is 11.8. The lowest BCUT2D eigenvalue weighted by Gasteiger charge is -2.07. The van der Waals surface area contributed by atoms with Crippen LogP contribution in [-0.2, 0) is 14.1 Å². The Bertz CT molecular complexity index is 730. The Morgan fingerprint density at radius 1 is 1.10 bits per heavy atom. The van der Waals surface area contributed by atoms with E-state index in [1.165, 1.54) is 29.4 Å². The highest BCUT2D eigenvalue weighted by atomic mass is 32.2. The molecule has 1 heterocycles. The number of thioether (sulfide) groups is 1. The van der Waals surface area contributed by atoms with Crippen molar-refractivity contribution in [2.24, 2.45) is 14.1 Å². The Morgan fingerprint density at radius 3 is 2.50 bits per heavy atom. The second kappa shape index (κ2) is 6.43. The van der Waals surface area contributed by atoms with Crippen LogP contribution in [0.5, 0.6) is 0 Å². The zero-order valence-electron chi connectivity index (χ0n) is 11.4. The number of nitrogens with zero attached hydrogens (tertiary/aromatic N) is 2. The lowest BCUT2D eigenvalue weighted by molar-refractivity contribution is 0.636. The van der Waals surface area contributed by atoms with Crippen molar-refractivity contribution in [3.05, 3.63) is 68.9 Å². The molecule has 20 heavy (non-hydrogen) atoms. The first-order valence-corrected chi connectivity index (χ1v) is 7.19. The van der Waals surface area contributed by atoms with Gasteiger partial charge in [-0.25, -0.2) is 4.79 Å². The Balaban J connectivity index is 2.07. The van der Waals surface area contributed by atoms with Crippen molar-refractivity contribution in [3.63, 3.8) is 0 Å². The third kappa shape index (κ3) is 3.30. The molecule has 0 aliphatic rings. The van der Waals surface area contributed by atoms with Crippen molar-refractivity contribution < 1.29 is 0 Å². The predicted molar refractivity (Wildman–Crippen MR) is 83.1 cm³/mol. The molecule has 0 spiro atoms. The maximum Gasteiger partial charge on any atom is 0.331 e. The second-order valence-corrected chi connectivity index (χ2v) is 5.39. The summed E-state index contributed by atoms with van der Waals surface area (Å²) in [6.07, 6.45) is 4.04. The summed E-state index contributed by atoms with van der Waals surface area (Å²) in [6, 6.07) is 11.5. The molecular weight excluding hydrogens is 272 g/mol. The zero-order chi connectivity index (χ0) is 14.5. The van der Waals surface area contributed by atoms with Crippen molar-refractivity contribution in [2.75, 3.05) is 5.75 Å². The molecule has 2 aromatic rings. The second-order valence-electron chi connectivity index (χ2n) is 4.35. The van der Waals surface area contributed by atoms with Gasteiger partial charge in [-0.1, -0.05) is 42.5 Å². The minimum atomic E-state index is -0.299. The van der Waals surface area contributed by atoms with E-state index < -0.39 is 0 Å². The van der Waals surface area contributed by atoms with Gasteiger partial charge in [0.2, 0.25) is 0 Å². The number of hydrogen-bond donors (Lipinski definition) is 0. The van der Waals surface area contributed by atoms with E-state index in [2.05, 4.69) is 0 Å². The lowest BCUT2D eigenvalue weighted by atomic mass is 10.2. The van der Waals surface area contributed by atoms with Gasteiger partial charge in [-0.05, 0) is 5.56 Å². The van der Waals surface area contributed by atoms with Crippen LogP contribution in [-0.4, -0.2) is 14.9 Å². The van der Waals surface area contributed by atoms with Gasteiger partial charge in [0.05, 0.1) is 5.03 Å².